The lowest BCUT2D eigenvalue weighted by molar-refractivity contribution is -0.139. The van der Waals surface area contributed by atoms with Crippen LogP contribution in [0.3, 0.4) is 0 Å². The van der Waals surface area contributed by atoms with Gasteiger partial charge in [-0.1, -0.05) is 12.1 Å². The van der Waals surface area contributed by atoms with Crippen LogP contribution in [-0.4, -0.2) is 31.8 Å². The number of carbonyl (C=O) groups excluding carboxylic acids is 2. The topological polar surface area (TPSA) is 76.7 Å². The zero-order chi connectivity index (χ0) is 16.8. The van der Waals surface area contributed by atoms with Gasteiger partial charge >= 0.3 is 12.1 Å². The normalized spacial score (nSPS) is 10.8. The molecule has 0 saturated heterocycles. The second kappa shape index (κ2) is 7.68. The van der Waals surface area contributed by atoms with Gasteiger partial charge in [0.1, 0.15) is 5.60 Å². The van der Waals surface area contributed by atoms with Crippen LogP contribution < -0.4 is 10.6 Å². The molecule has 2 N–H and O–H groups in total. The number of rotatable bonds is 5. The van der Waals surface area contributed by atoms with Crippen LogP contribution in [0.15, 0.2) is 18.2 Å². The minimum absolute atomic E-state index is 0.174. The van der Waals surface area contributed by atoms with Gasteiger partial charge in [0, 0.05) is 19.3 Å². The standard InChI is InChI=1S/C16H24N2O4/c1-16(2,3)22-15(20)18-10-11-6-7-13(17-4)12(8-11)9-14(19)21-5/h6-8,17H,9-10H2,1-5H3,(H,18,20). The van der Waals surface area contributed by atoms with Gasteiger partial charge in [0.2, 0.25) is 0 Å². The molecule has 0 atom stereocenters. The van der Waals surface area contributed by atoms with E-state index in [1.54, 1.807) is 7.05 Å². The molecule has 6 heteroatoms. The summed E-state index contributed by atoms with van der Waals surface area (Å²) in [5, 5.41) is 5.72. The summed E-state index contributed by atoms with van der Waals surface area (Å²) in [5.41, 5.74) is 2.02. The third-order valence-electron chi connectivity index (χ3n) is 2.84. The molecule has 1 aromatic rings. The van der Waals surface area contributed by atoms with Crippen LogP contribution in [0.5, 0.6) is 0 Å². The number of ether oxygens (including phenoxy) is 2. The Bertz CT molecular complexity index is 535. The smallest absolute Gasteiger partial charge is 0.407 e. The fraction of sp³-hybridized carbons (Fsp3) is 0.500. The number of carbonyl (C=O) groups is 2. The van der Waals surface area contributed by atoms with E-state index >= 15 is 0 Å². The molecule has 22 heavy (non-hydrogen) atoms. The van der Waals surface area contributed by atoms with E-state index in [2.05, 4.69) is 10.6 Å². The van der Waals surface area contributed by atoms with E-state index in [9.17, 15) is 9.59 Å². The van der Waals surface area contributed by atoms with Crippen molar-refractivity contribution in [1.29, 1.82) is 0 Å². The summed E-state index contributed by atoms with van der Waals surface area (Å²) in [6, 6.07) is 5.61. The van der Waals surface area contributed by atoms with Crippen LogP contribution in [-0.2, 0) is 27.2 Å². The molecule has 1 rings (SSSR count). The Morgan fingerprint density at radius 3 is 2.45 bits per heavy atom. The Hall–Kier alpha value is -2.24. The molecule has 122 valence electrons. The van der Waals surface area contributed by atoms with Gasteiger partial charge in [0.25, 0.3) is 0 Å². The Kier molecular flexibility index (Phi) is 6.22. The second-order valence-electron chi connectivity index (χ2n) is 5.85. The summed E-state index contributed by atoms with van der Waals surface area (Å²) < 4.78 is 9.87. The number of nitrogens with one attached hydrogen (secondary N) is 2. The summed E-state index contributed by atoms with van der Waals surface area (Å²) in [5.74, 6) is -0.311. The average molecular weight is 308 g/mol. The minimum atomic E-state index is -0.532. The van der Waals surface area contributed by atoms with Gasteiger partial charge < -0.3 is 20.1 Å². The van der Waals surface area contributed by atoms with Crippen LogP contribution >= 0.6 is 0 Å². The summed E-state index contributed by atoms with van der Waals surface area (Å²) in [4.78, 5) is 23.1. The first-order valence-corrected chi connectivity index (χ1v) is 7.08. The van der Waals surface area contributed by atoms with E-state index < -0.39 is 11.7 Å². The molecule has 0 saturated carbocycles. The molecule has 0 radical (unpaired) electrons. The molecule has 0 unspecified atom stereocenters. The Morgan fingerprint density at radius 1 is 1.23 bits per heavy atom. The highest BCUT2D eigenvalue weighted by Gasteiger charge is 2.16. The molecule has 0 bridgehead atoms. The van der Waals surface area contributed by atoms with Crippen molar-refractivity contribution < 1.29 is 19.1 Å². The number of methoxy groups -OCH3 is 1. The fourth-order valence-electron chi connectivity index (χ4n) is 1.86. The molecule has 0 spiro atoms. The van der Waals surface area contributed by atoms with E-state index in [4.69, 9.17) is 9.47 Å². The molecular formula is C16H24N2O4. The average Bonchev–Trinajstić information content (AvgIpc) is 2.43. The number of amides is 1. The van der Waals surface area contributed by atoms with Crippen molar-refractivity contribution in [3.63, 3.8) is 0 Å². The number of esters is 1. The first kappa shape index (κ1) is 17.8. The molecule has 6 nitrogen and oxygen atoms in total. The maximum Gasteiger partial charge on any atom is 0.407 e. The van der Waals surface area contributed by atoms with Gasteiger partial charge in [-0.05, 0) is 38.0 Å². The van der Waals surface area contributed by atoms with E-state index in [0.717, 1.165) is 16.8 Å². The van der Waals surface area contributed by atoms with Crippen molar-refractivity contribution in [2.45, 2.75) is 39.3 Å². The summed E-state index contributed by atoms with van der Waals surface area (Å²) in [7, 11) is 3.14. The minimum Gasteiger partial charge on any atom is -0.469 e. The van der Waals surface area contributed by atoms with E-state index in [-0.39, 0.29) is 12.4 Å². The highest BCUT2D eigenvalue weighted by Crippen LogP contribution is 2.18. The number of alkyl carbamates (subject to hydrolysis) is 1. The van der Waals surface area contributed by atoms with Crippen molar-refractivity contribution in [2.75, 3.05) is 19.5 Å². The number of hydrogen-bond acceptors (Lipinski definition) is 5. The maximum atomic E-state index is 11.6. The highest BCUT2D eigenvalue weighted by molar-refractivity contribution is 5.75. The quantitative estimate of drug-likeness (QED) is 0.817. The zero-order valence-corrected chi connectivity index (χ0v) is 13.8. The maximum absolute atomic E-state index is 11.6. The predicted octanol–water partition coefficient (Wildman–Crippen LogP) is 2.47. The lowest BCUT2D eigenvalue weighted by Gasteiger charge is -2.20. The zero-order valence-electron chi connectivity index (χ0n) is 13.8. The third kappa shape index (κ3) is 6.03. The van der Waals surface area contributed by atoms with Crippen molar-refractivity contribution in [3.8, 4) is 0 Å². The molecule has 0 aliphatic carbocycles. The number of anilines is 1. The van der Waals surface area contributed by atoms with Gasteiger partial charge in [-0.2, -0.15) is 0 Å². The summed E-state index contributed by atoms with van der Waals surface area (Å²) in [6.45, 7) is 5.75. The highest BCUT2D eigenvalue weighted by atomic mass is 16.6. The first-order valence-electron chi connectivity index (χ1n) is 7.08. The van der Waals surface area contributed by atoms with Gasteiger partial charge in [-0.25, -0.2) is 4.79 Å². The summed E-state index contributed by atoms with van der Waals surface area (Å²) in [6.07, 6.45) is -0.299. The Morgan fingerprint density at radius 2 is 1.91 bits per heavy atom. The fourth-order valence-corrected chi connectivity index (χ4v) is 1.86. The van der Waals surface area contributed by atoms with Crippen LogP contribution in [0.25, 0.3) is 0 Å². The van der Waals surface area contributed by atoms with Gasteiger partial charge in [0.05, 0.1) is 13.5 Å². The molecule has 1 aromatic carbocycles. The van der Waals surface area contributed by atoms with Crippen LogP contribution in [0.1, 0.15) is 31.9 Å². The number of hydrogen-bond donors (Lipinski definition) is 2. The molecule has 0 fully saturated rings. The Labute approximate surface area is 131 Å². The SMILES string of the molecule is CNc1ccc(CNC(=O)OC(C)(C)C)cc1CC(=O)OC. The number of benzene rings is 1. The van der Waals surface area contributed by atoms with Crippen molar-refractivity contribution in [1.82, 2.24) is 5.32 Å². The van der Waals surface area contributed by atoms with E-state index in [1.165, 1.54) is 7.11 Å². The predicted molar refractivity (Wildman–Crippen MR) is 84.8 cm³/mol. The van der Waals surface area contributed by atoms with Crippen LogP contribution in [0.4, 0.5) is 10.5 Å². The van der Waals surface area contributed by atoms with Crippen LogP contribution in [0.2, 0.25) is 0 Å². The monoisotopic (exact) mass is 308 g/mol. The Balaban J connectivity index is 2.73. The molecule has 1 amide bonds. The molecule has 0 heterocycles. The molecule has 0 aliphatic rings. The molecule has 0 aliphatic heterocycles. The van der Waals surface area contributed by atoms with Crippen molar-refractivity contribution >= 4 is 17.7 Å². The third-order valence-corrected chi connectivity index (χ3v) is 2.84. The summed E-state index contributed by atoms with van der Waals surface area (Å²) >= 11 is 0. The molecule has 0 aromatic heterocycles. The van der Waals surface area contributed by atoms with E-state index in [1.807, 2.05) is 39.0 Å². The lowest BCUT2D eigenvalue weighted by atomic mass is 10.1. The van der Waals surface area contributed by atoms with Crippen molar-refractivity contribution in [2.24, 2.45) is 0 Å². The van der Waals surface area contributed by atoms with E-state index in [0.29, 0.717) is 6.54 Å². The van der Waals surface area contributed by atoms with Gasteiger partial charge in [-0.15, -0.1) is 0 Å². The van der Waals surface area contributed by atoms with Gasteiger partial charge in [-0.3, -0.25) is 4.79 Å². The first-order chi connectivity index (χ1) is 10.2. The lowest BCUT2D eigenvalue weighted by Crippen LogP contribution is -2.32. The second-order valence-corrected chi connectivity index (χ2v) is 5.85. The van der Waals surface area contributed by atoms with Crippen LogP contribution in [0, 0.1) is 0 Å². The largest absolute Gasteiger partial charge is 0.469 e. The van der Waals surface area contributed by atoms with Crippen molar-refractivity contribution in [3.05, 3.63) is 29.3 Å². The molecular weight excluding hydrogens is 284 g/mol. The van der Waals surface area contributed by atoms with Gasteiger partial charge in [0.15, 0.2) is 0 Å².